The van der Waals surface area contributed by atoms with Gasteiger partial charge in [0, 0.05) is 37.8 Å². The number of amides is 1. The van der Waals surface area contributed by atoms with Crippen LogP contribution >= 0.6 is 0 Å². The minimum atomic E-state index is -5.03. The SMILES string of the molecule is COc1ccc(C[C@@H]2CN(Cc3ccccc3)CCN2C(=O)c2cc(C(F)(F)F)cc(C(F)(F)F)c2)cc1. The molecule has 1 aliphatic heterocycles. The monoisotopic (exact) mass is 536 g/mol. The molecule has 1 amide bonds. The number of benzene rings is 3. The minimum Gasteiger partial charge on any atom is -0.497 e. The molecule has 0 unspecified atom stereocenters. The zero-order valence-electron chi connectivity index (χ0n) is 20.5. The smallest absolute Gasteiger partial charge is 0.416 e. The number of carbonyl (C=O) groups excluding carboxylic acids is 1. The van der Waals surface area contributed by atoms with Gasteiger partial charge >= 0.3 is 12.4 Å². The Balaban J connectivity index is 1.65. The topological polar surface area (TPSA) is 32.8 Å². The Bertz CT molecular complexity index is 1210. The summed E-state index contributed by atoms with van der Waals surface area (Å²) in [5, 5.41) is 0. The summed E-state index contributed by atoms with van der Waals surface area (Å²) in [5.74, 6) is -0.223. The molecule has 3 aromatic rings. The molecule has 0 aliphatic carbocycles. The Hall–Kier alpha value is -3.53. The summed E-state index contributed by atoms with van der Waals surface area (Å²) < 4.78 is 85.7. The number of carbonyl (C=O) groups is 1. The van der Waals surface area contributed by atoms with E-state index in [4.69, 9.17) is 4.74 Å². The number of halogens is 6. The molecule has 3 aromatic carbocycles. The normalized spacial score (nSPS) is 16.9. The molecule has 0 N–H and O–H groups in total. The number of methoxy groups -OCH3 is 1. The second-order valence-electron chi connectivity index (χ2n) is 9.22. The minimum absolute atomic E-state index is 0.0312. The maximum absolute atomic E-state index is 13.5. The molecule has 0 spiro atoms. The Morgan fingerprint density at radius 3 is 2.00 bits per heavy atom. The van der Waals surface area contributed by atoms with E-state index in [0.29, 0.717) is 43.9 Å². The molecular weight excluding hydrogens is 510 g/mol. The predicted octanol–water partition coefficient (Wildman–Crippen LogP) is 6.30. The van der Waals surface area contributed by atoms with Crippen molar-refractivity contribution in [2.24, 2.45) is 0 Å². The fraction of sp³-hybridized carbons (Fsp3) is 0.321. The first kappa shape index (κ1) is 27.5. The highest BCUT2D eigenvalue weighted by molar-refractivity contribution is 5.95. The maximum Gasteiger partial charge on any atom is 0.416 e. The highest BCUT2D eigenvalue weighted by Crippen LogP contribution is 2.37. The summed E-state index contributed by atoms with van der Waals surface area (Å²) >= 11 is 0. The van der Waals surface area contributed by atoms with Crippen LogP contribution in [0, 0.1) is 0 Å². The highest BCUT2D eigenvalue weighted by atomic mass is 19.4. The average molecular weight is 537 g/mol. The van der Waals surface area contributed by atoms with Crippen molar-refractivity contribution in [2.75, 3.05) is 26.7 Å². The lowest BCUT2D eigenvalue weighted by Crippen LogP contribution is -2.55. The molecule has 10 heteroatoms. The van der Waals surface area contributed by atoms with Crippen molar-refractivity contribution in [3.8, 4) is 5.75 Å². The Morgan fingerprint density at radius 1 is 0.842 bits per heavy atom. The van der Waals surface area contributed by atoms with Gasteiger partial charge in [-0.15, -0.1) is 0 Å². The first-order valence-corrected chi connectivity index (χ1v) is 11.9. The zero-order valence-corrected chi connectivity index (χ0v) is 20.5. The summed E-state index contributed by atoms with van der Waals surface area (Å²) in [6.07, 6.45) is -9.70. The number of rotatable bonds is 6. The fourth-order valence-corrected chi connectivity index (χ4v) is 4.62. The van der Waals surface area contributed by atoms with Crippen molar-refractivity contribution in [2.45, 2.75) is 31.4 Å². The fourth-order valence-electron chi connectivity index (χ4n) is 4.62. The van der Waals surface area contributed by atoms with Gasteiger partial charge < -0.3 is 9.64 Å². The molecular formula is C28H26F6N2O2. The van der Waals surface area contributed by atoms with Crippen molar-refractivity contribution in [1.29, 1.82) is 0 Å². The number of hydrogen-bond acceptors (Lipinski definition) is 3. The molecule has 0 radical (unpaired) electrons. The van der Waals surface area contributed by atoms with E-state index < -0.39 is 41.0 Å². The van der Waals surface area contributed by atoms with Crippen LogP contribution in [0.25, 0.3) is 0 Å². The van der Waals surface area contributed by atoms with E-state index in [2.05, 4.69) is 4.90 Å². The van der Waals surface area contributed by atoms with Gasteiger partial charge in [0.25, 0.3) is 5.91 Å². The molecule has 202 valence electrons. The summed E-state index contributed by atoms with van der Waals surface area (Å²) in [6.45, 7) is 1.58. The Labute approximate surface area is 216 Å². The molecule has 1 aliphatic rings. The largest absolute Gasteiger partial charge is 0.497 e. The van der Waals surface area contributed by atoms with Crippen LogP contribution in [-0.2, 0) is 25.3 Å². The highest BCUT2D eigenvalue weighted by Gasteiger charge is 2.39. The van der Waals surface area contributed by atoms with Crippen LogP contribution < -0.4 is 4.74 Å². The Morgan fingerprint density at radius 2 is 1.45 bits per heavy atom. The second-order valence-corrected chi connectivity index (χ2v) is 9.22. The van der Waals surface area contributed by atoms with Crippen LogP contribution in [0.15, 0.2) is 72.8 Å². The third-order valence-corrected chi connectivity index (χ3v) is 6.54. The van der Waals surface area contributed by atoms with Crippen LogP contribution in [0.1, 0.15) is 32.6 Å². The molecule has 38 heavy (non-hydrogen) atoms. The Kier molecular flexibility index (Phi) is 8.01. The molecule has 0 saturated carbocycles. The van der Waals surface area contributed by atoms with E-state index in [1.165, 1.54) is 12.0 Å². The lowest BCUT2D eigenvalue weighted by Gasteiger charge is -2.42. The van der Waals surface area contributed by atoms with Crippen molar-refractivity contribution in [3.63, 3.8) is 0 Å². The number of alkyl halides is 6. The standard InChI is InChI=1S/C28H26F6N2O2/c1-38-25-9-7-19(8-10-25)13-24-18-35(17-20-5-3-2-4-6-20)11-12-36(24)26(37)21-14-22(27(29,30)31)16-23(15-21)28(32,33)34/h2-10,14-16,24H,11-13,17-18H2,1H3/t24-/m1/s1. The van der Waals surface area contributed by atoms with Gasteiger partial charge in [-0.05, 0) is 47.9 Å². The summed E-state index contributed by atoms with van der Waals surface area (Å²) in [7, 11) is 1.53. The van der Waals surface area contributed by atoms with Gasteiger partial charge in [0.2, 0.25) is 0 Å². The first-order valence-electron chi connectivity index (χ1n) is 11.9. The number of nitrogens with zero attached hydrogens (tertiary/aromatic N) is 2. The van der Waals surface area contributed by atoms with Crippen LogP contribution in [0.2, 0.25) is 0 Å². The zero-order chi connectivity index (χ0) is 27.5. The molecule has 1 fully saturated rings. The maximum atomic E-state index is 13.5. The predicted molar refractivity (Wildman–Crippen MR) is 130 cm³/mol. The lowest BCUT2D eigenvalue weighted by molar-refractivity contribution is -0.143. The van der Waals surface area contributed by atoms with Crippen LogP contribution in [-0.4, -0.2) is 48.5 Å². The van der Waals surface area contributed by atoms with Gasteiger partial charge in [0.1, 0.15) is 5.75 Å². The van der Waals surface area contributed by atoms with Gasteiger partial charge in [-0.1, -0.05) is 42.5 Å². The van der Waals surface area contributed by atoms with Gasteiger partial charge in [-0.2, -0.15) is 26.3 Å². The molecule has 1 saturated heterocycles. The van der Waals surface area contributed by atoms with E-state index in [9.17, 15) is 31.1 Å². The molecule has 0 aromatic heterocycles. The summed E-state index contributed by atoms with van der Waals surface area (Å²) in [4.78, 5) is 17.0. The van der Waals surface area contributed by atoms with Crippen LogP contribution in [0.3, 0.4) is 0 Å². The number of hydrogen-bond donors (Lipinski definition) is 0. The van der Waals surface area contributed by atoms with Crippen molar-refractivity contribution >= 4 is 5.91 Å². The van der Waals surface area contributed by atoms with Gasteiger partial charge in [0.15, 0.2) is 0 Å². The third-order valence-electron chi connectivity index (χ3n) is 6.54. The van der Waals surface area contributed by atoms with Crippen molar-refractivity contribution in [3.05, 3.63) is 101 Å². The van der Waals surface area contributed by atoms with Gasteiger partial charge in [-0.25, -0.2) is 0 Å². The summed E-state index contributed by atoms with van der Waals surface area (Å²) in [5.41, 5.74) is -1.74. The van der Waals surface area contributed by atoms with E-state index in [0.717, 1.165) is 11.1 Å². The molecule has 4 rings (SSSR count). The molecule has 1 atom stereocenters. The second kappa shape index (κ2) is 11.1. The van der Waals surface area contributed by atoms with Gasteiger partial charge in [0.05, 0.1) is 18.2 Å². The summed E-state index contributed by atoms with van der Waals surface area (Å²) in [6, 6.07) is 17.4. The van der Waals surface area contributed by atoms with Crippen LogP contribution in [0.5, 0.6) is 5.75 Å². The van der Waals surface area contributed by atoms with E-state index in [1.54, 1.807) is 12.1 Å². The molecule has 4 nitrogen and oxygen atoms in total. The van der Waals surface area contributed by atoms with Crippen molar-refractivity contribution < 1.29 is 35.9 Å². The molecule has 0 bridgehead atoms. The quantitative estimate of drug-likeness (QED) is 0.347. The van der Waals surface area contributed by atoms with E-state index >= 15 is 0 Å². The number of ether oxygens (including phenoxy) is 1. The lowest BCUT2D eigenvalue weighted by atomic mass is 9.98. The van der Waals surface area contributed by atoms with E-state index in [1.807, 2.05) is 42.5 Å². The van der Waals surface area contributed by atoms with E-state index in [-0.39, 0.29) is 12.6 Å². The average Bonchev–Trinajstić information content (AvgIpc) is 2.88. The third kappa shape index (κ3) is 6.66. The number of piperazine rings is 1. The van der Waals surface area contributed by atoms with Gasteiger partial charge in [-0.3, -0.25) is 9.69 Å². The first-order chi connectivity index (χ1) is 17.9. The van der Waals surface area contributed by atoms with Crippen molar-refractivity contribution in [1.82, 2.24) is 9.80 Å². The van der Waals surface area contributed by atoms with Crippen LogP contribution in [0.4, 0.5) is 26.3 Å². The molecule has 1 heterocycles.